The van der Waals surface area contributed by atoms with Crippen molar-refractivity contribution >= 4 is 17.4 Å². The molecule has 0 fully saturated rings. The van der Waals surface area contributed by atoms with Crippen LogP contribution in [0.3, 0.4) is 0 Å². The van der Waals surface area contributed by atoms with Crippen molar-refractivity contribution in [2.45, 2.75) is 19.6 Å². The van der Waals surface area contributed by atoms with Crippen molar-refractivity contribution in [2.75, 3.05) is 10.6 Å². The van der Waals surface area contributed by atoms with Crippen molar-refractivity contribution in [3.63, 3.8) is 0 Å². The maximum absolute atomic E-state index is 11.9. The molecule has 2 rings (SSSR count). The van der Waals surface area contributed by atoms with Gasteiger partial charge in [0.25, 0.3) is 0 Å². The Labute approximate surface area is 123 Å². The van der Waals surface area contributed by atoms with Crippen molar-refractivity contribution in [1.82, 2.24) is 0 Å². The van der Waals surface area contributed by atoms with Crippen LogP contribution >= 0.6 is 0 Å². The lowest BCUT2D eigenvalue weighted by molar-refractivity contribution is 0.199. The summed E-state index contributed by atoms with van der Waals surface area (Å²) in [5.74, 6) is 0. The van der Waals surface area contributed by atoms with E-state index in [2.05, 4.69) is 10.6 Å². The van der Waals surface area contributed by atoms with Gasteiger partial charge in [-0.25, -0.2) is 4.79 Å². The van der Waals surface area contributed by atoms with E-state index in [-0.39, 0.29) is 12.6 Å². The summed E-state index contributed by atoms with van der Waals surface area (Å²) in [5.41, 5.74) is 2.76. The number of amides is 2. The Bertz CT molecular complexity index is 609. The van der Waals surface area contributed by atoms with Crippen LogP contribution in [0.5, 0.6) is 0 Å². The number of benzene rings is 2. The first-order chi connectivity index (χ1) is 10.1. The van der Waals surface area contributed by atoms with Gasteiger partial charge < -0.3 is 20.8 Å². The van der Waals surface area contributed by atoms with Crippen LogP contribution in [-0.4, -0.2) is 16.2 Å². The van der Waals surface area contributed by atoms with Crippen LogP contribution in [0.1, 0.15) is 24.2 Å². The number of hydrogen-bond donors (Lipinski definition) is 4. The van der Waals surface area contributed by atoms with Gasteiger partial charge in [0.1, 0.15) is 0 Å². The minimum absolute atomic E-state index is 0.0292. The molecule has 5 nitrogen and oxygen atoms in total. The number of carbonyl (C=O) groups is 1. The van der Waals surface area contributed by atoms with E-state index in [0.29, 0.717) is 11.4 Å². The van der Waals surface area contributed by atoms with Gasteiger partial charge in [0.15, 0.2) is 0 Å². The highest BCUT2D eigenvalue weighted by molar-refractivity contribution is 5.99. The SMILES string of the molecule is CC(O)c1cccc(NC(=O)Nc2ccc(CO)cc2)c1. The fourth-order valence-electron chi connectivity index (χ4n) is 1.86. The van der Waals surface area contributed by atoms with Gasteiger partial charge in [0, 0.05) is 11.4 Å². The molecule has 0 bridgehead atoms. The van der Waals surface area contributed by atoms with E-state index >= 15 is 0 Å². The maximum atomic E-state index is 11.9. The van der Waals surface area contributed by atoms with Crippen molar-refractivity contribution in [2.24, 2.45) is 0 Å². The predicted molar refractivity (Wildman–Crippen MR) is 82.1 cm³/mol. The molecule has 0 aromatic heterocycles. The van der Waals surface area contributed by atoms with Crippen molar-refractivity contribution in [3.05, 3.63) is 59.7 Å². The van der Waals surface area contributed by atoms with E-state index in [4.69, 9.17) is 5.11 Å². The van der Waals surface area contributed by atoms with Gasteiger partial charge in [0.2, 0.25) is 0 Å². The van der Waals surface area contributed by atoms with Gasteiger partial charge >= 0.3 is 6.03 Å². The molecule has 0 aliphatic carbocycles. The van der Waals surface area contributed by atoms with E-state index in [9.17, 15) is 9.90 Å². The van der Waals surface area contributed by atoms with E-state index < -0.39 is 6.10 Å². The fourth-order valence-corrected chi connectivity index (χ4v) is 1.86. The van der Waals surface area contributed by atoms with E-state index in [0.717, 1.165) is 11.1 Å². The summed E-state index contributed by atoms with van der Waals surface area (Å²) in [5, 5.41) is 23.9. The molecule has 0 aliphatic rings. The summed E-state index contributed by atoms with van der Waals surface area (Å²) in [4.78, 5) is 11.9. The molecular weight excluding hydrogens is 268 g/mol. The van der Waals surface area contributed by atoms with Gasteiger partial charge in [-0.15, -0.1) is 0 Å². The van der Waals surface area contributed by atoms with Crippen LogP contribution in [0.2, 0.25) is 0 Å². The largest absolute Gasteiger partial charge is 0.392 e. The molecule has 0 radical (unpaired) electrons. The van der Waals surface area contributed by atoms with Crippen LogP contribution in [-0.2, 0) is 6.61 Å². The number of urea groups is 1. The summed E-state index contributed by atoms with van der Waals surface area (Å²) in [6.45, 7) is 1.64. The molecule has 0 saturated heterocycles. The topological polar surface area (TPSA) is 81.6 Å². The smallest absolute Gasteiger partial charge is 0.323 e. The molecular formula is C16H18N2O3. The molecule has 1 unspecified atom stereocenters. The minimum atomic E-state index is -0.583. The first-order valence-corrected chi connectivity index (χ1v) is 6.64. The molecule has 2 amide bonds. The monoisotopic (exact) mass is 286 g/mol. The normalized spacial score (nSPS) is 11.8. The Morgan fingerprint density at radius 1 is 1.10 bits per heavy atom. The number of nitrogens with one attached hydrogen (secondary N) is 2. The molecule has 4 N–H and O–H groups in total. The summed E-state index contributed by atoms with van der Waals surface area (Å²) < 4.78 is 0. The van der Waals surface area contributed by atoms with E-state index in [1.165, 1.54) is 0 Å². The van der Waals surface area contributed by atoms with Crippen LogP contribution in [0, 0.1) is 0 Å². The predicted octanol–water partition coefficient (Wildman–Crippen LogP) is 2.88. The molecule has 2 aromatic carbocycles. The summed E-state index contributed by atoms with van der Waals surface area (Å²) in [6.07, 6.45) is -0.583. The number of aliphatic hydroxyl groups excluding tert-OH is 2. The number of rotatable bonds is 4. The molecule has 110 valence electrons. The summed E-state index contributed by atoms with van der Waals surface area (Å²) >= 11 is 0. The summed E-state index contributed by atoms with van der Waals surface area (Å²) in [7, 11) is 0. The van der Waals surface area contributed by atoms with Crippen LogP contribution in [0.25, 0.3) is 0 Å². The van der Waals surface area contributed by atoms with Crippen molar-refractivity contribution in [3.8, 4) is 0 Å². The molecule has 0 heterocycles. The first-order valence-electron chi connectivity index (χ1n) is 6.64. The quantitative estimate of drug-likeness (QED) is 0.697. The Balaban J connectivity index is 1.99. The molecule has 0 saturated carbocycles. The second-order valence-corrected chi connectivity index (χ2v) is 4.74. The number of aliphatic hydroxyl groups is 2. The van der Waals surface area contributed by atoms with Crippen molar-refractivity contribution in [1.29, 1.82) is 0 Å². The first kappa shape index (κ1) is 15.0. The molecule has 1 atom stereocenters. The average molecular weight is 286 g/mol. The zero-order valence-corrected chi connectivity index (χ0v) is 11.7. The molecule has 0 spiro atoms. The Hall–Kier alpha value is -2.37. The zero-order chi connectivity index (χ0) is 15.2. The highest BCUT2D eigenvalue weighted by atomic mass is 16.3. The summed E-state index contributed by atoms with van der Waals surface area (Å²) in [6, 6.07) is 13.6. The molecule has 5 heteroatoms. The zero-order valence-electron chi connectivity index (χ0n) is 11.7. The second-order valence-electron chi connectivity index (χ2n) is 4.74. The van der Waals surface area contributed by atoms with Crippen LogP contribution < -0.4 is 10.6 Å². The van der Waals surface area contributed by atoms with Gasteiger partial charge in [-0.1, -0.05) is 24.3 Å². The third-order valence-electron chi connectivity index (χ3n) is 3.02. The Morgan fingerprint density at radius 2 is 1.76 bits per heavy atom. The average Bonchev–Trinajstić information content (AvgIpc) is 2.48. The molecule has 2 aromatic rings. The standard InChI is InChI=1S/C16H18N2O3/c1-11(20)13-3-2-4-15(9-13)18-16(21)17-14-7-5-12(10-19)6-8-14/h2-9,11,19-20H,10H2,1H3,(H2,17,18,21). The van der Waals surface area contributed by atoms with Gasteiger partial charge in [-0.3, -0.25) is 0 Å². The molecule has 0 aliphatic heterocycles. The lowest BCUT2D eigenvalue weighted by atomic mass is 10.1. The van der Waals surface area contributed by atoms with Gasteiger partial charge in [0.05, 0.1) is 12.7 Å². The fraction of sp³-hybridized carbons (Fsp3) is 0.188. The minimum Gasteiger partial charge on any atom is -0.392 e. The van der Waals surface area contributed by atoms with Crippen LogP contribution in [0.15, 0.2) is 48.5 Å². The third kappa shape index (κ3) is 4.30. The number of anilines is 2. The van der Waals surface area contributed by atoms with Crippen molar-refractivity contribution < 1.29 is 15.0 Å². The van der Waals surface area contributed by atoms with Gasteiger partial charge in [-0.05, 0) is 42.3 Å². The third-order valence-corrected chi connectivity index (χ3v) is 3.02. The second kappa shape index (κ2) is 6.88. The van der Waals surface area contributed by atoms with Crippen LogP contribution in [0.4, 0.5) is 16.2 Å². The maximum Gasteiger partial charge on any atom is 0.323 e. The lowest BCUT2D eigenvalue weighted by Gasteiger charge is -2.10. The number of hydrogen-bond acceptors (Lipinski definition) is 3. The highest BCUT2D eigenvalue weighted by Gasteiger charge is 2.05. The van der Waals surface area contributed by atoms with Gasteiger partial charge in [-0.2, -0.15) is 0 Å². The lowest BCUT2D eigenvalue weighted by Crippen LogP contribution is -2.19. The van der Waals surface area contributed by atoms with E-state index in [1.807, 2.05) is 0 Å². The number of carbonyl (C=O) groups excluding carboxylic acids is 1. The highest BCUT2D eigenvalue weighted by Crippen LogP contribution is 2.17. The Kier molecular flexibility index (Phi) is 4.92. The molecule has 21 heavy (non-hydrogen) atoms. The van der Waals surface area contributed by atoms with E-state index in [1.54, 1.807) is 55.5 Å². The Morgan fingerprint density at radius 3 is 2.38 bits per heavy atom.